The summed E-state index contributed by atoms with van der Waals surface area (Å²) in [7, 11) is 0. The first-order chi connectivity index (χ1) is 11.6. The maximum atomic E-state index is 14.4. The molecule has 0 bridgehead atoms. The van der Waals surface area contributed by atoms with Gasteiger partial charge in [-0.2, -0.15) is 5.10 Å². The molecule has 0 aliphatic carbocycles. The van der Waals surface area contributed by atoms with Gasteiger partial charge in [-0.05, 0) is 38.0 Å². The van der Waals surface area contributed by atoms with Crippen LogP contribution in [0.25, 0.3) is 5.69 Å². The molecule has 0 aliphatic heterocycles. The molecule has 0 amide bonds. The summed E-state index contributed by atoms with van der Waals surface area (Å²) in [6, 6.07) is 4.58. The average Bonchev–Trinajstić information content (AvgIpc) is 3.10. The molecule has 0 saturated carbocycles. The summed E-state index contributed by atoms with van der Waals surface area (Å²) in [5.74, 6) is -0.321. The summed E-state index contributed by atoms with van der Waals surface area (Å²) >= 11 is 0. The van der Waals surface area contributed by atoms with Gasteiger partial charge in [0, 0.05) is 12.3 Å². The van der Waals surface area contributed by atoms with Crippen molar-refractivity contribution < 1.29 is 9.50 Å². The van der Waals surface area contributed by atoms with Crippen molar-refractivity contribution in [2.75, 3.05) is 5.32 Å². The molecular formula is C17H20FN5O. The topological polar surface area (TPSA) is 75.3 Å². The molecule has 1 aromatic heterocycles. The predicted molar refractivity (Wildman–Crippen MR) is 92.8 cm³/mol. The first kappa shape index (κ1) is 17.4. The lowest BCUT2D eigenvalue weighted by molar-refractivity contribution is 0.416. The summed E-state index contributed by atoms with van der Waals surface area (Å²) in [6.07, 6.45) is 7.03. The predicted octanol–water partition coefficient (Wildman–Crippen LogP) is 3.99. The van der Waals surface area contributed by atoms with Gasteiger partial charge in [-0.25, -0.2) is 19.0 Å². The van der Waals surface area contributed by atoms with Crippen LogP contribution in [0.15, 0.2) is 59.1 Å². The minimum absolute atomic E-state index is 0.0188. The zero-order valence-electron chi connectivity index (χ0n) is 13.9. The van der Waals surface area contributed by atoms with Crippen molar-refractivity contribution in [2.24, 2.45) is 4.99 Å². The number of aliphatic imine (C=N–C) groups is 1. The average molecular weight is 329 g/mol. The van der Waals surface area contributed by atoms with E-state index in [0.717, 1.165) is 6.42 Å². The molecular weight excluding hydrogens is 309 g/mol. The molecule has 2 N–H and O–H groups in total. The summed E-state index contributed by atoms with van der Waals surface area (Å²) in [5.41, 5.74) is 1.42. The molecule has 0 fully saturated rings. The first-order valence-corrected chi connectivity index (χ1v) is 7.57. The van der Waals surface area contributed by atoms with Gasteiger partial charge < -0.3 is 10.4 Å². The smallest absolute Gasteiger partial charge is 0.172 e. The van der Waals surface area contributed by atoms with Gasteiger partial charge in [-0.15, -0.1) is 0 Å². The number of aliphatic hydroxyl groups excluding tert-OH is 1. The van der Waals surface area contributed by atoms with E-state index < -0.39 is 5.82 Å². The molecule has 0 spiro atoms. The Bertz CT molecular complexity index is 778. The highest BCUT2D eigenvalue weighted by atomic mass is 19.1. The van der Waals surface area contributed by atoms with Crippen LogP contribution in [0.2, 0.25) is 0 Å². The van der Waals surface area contributed by atoms with Gasteiger partial charge in [0.25, 0.3) is 0 Å². The maximum Gasteiger partial charge on any atom is 0.172 e. The number of allylic oxidation sites excluding steroid dienone is 2. The number of nitrogens with zero attached hydrogens (tertiary/aromatic N) is 4. The summed E-state index contributed by atoms with van der Waals surface area (Å²) in [5, 5.41) is 17.1. The van der Waals surface area contributed by atoms with Crippen molar-refractivity contribution in [1.82, 2.24) is 14.8 Å². The van der Waals surface area contributed by atoms with Crippen LogP contribution in [-0.4, -0.2) is 26.1 Å². The van der Waals surface area contributed by atoms with E-state index in [1.165, 1.54) is 29.6 Å². The SMILES string of the molecule is C\C=N/C(Nc1ccc(-n2cncn2)cc1F)=C(O)\C(C)=C\CC. The van der Waals surface area contributed by atoms with Crippen molar-refractivity contribution in [3.63, 3.8) is 0 Å². The third kappa shape index (κ3) is 4.07. The van der Waals surface area contributed by atoms with Crippen molar-refractivity contribution in [1.29, 1.82) is 0 Å². The second kappa shape index (κ2) is 8.05. The largest absolute Gasteiger partial charge is 0.504 e. The molecule has 126 valence electrons. The molecule has 6 nitrogen and oxygen atoms in total. The lowest BCUT2D eigenvalue weighted by atomic mass is 10.2. The van der Waals surface area contributed by atoms with Crippen LogP contribution >= 0.6 is 0 Å². The molecule has 2 rings (SSSR count). The molecule has 0 aliphatic rings. The van der Waals surface area contributed by atoms with Gasteiger partial charge in [-0.1, -0.05) is 13.0 Å². The normalized spacial score (nSPS) is 13.2. The van der Waals surface area contributed by atoms with Gasteiger partial charge in [0.05, 0.1) is 11.4 Å². The molecule has 2 aromatic rings. The second-order valence-corrected chi connectivity index (χ2v) is 5.01. The van der Waals surface area contributed by atoms with E-state index in [1.807, 2.05) is 13.0 Å². The van der Waals surface area contributed by atoms with Crippen molar-refractivity contribution >= 4 is 11.9 Å². The van der Waals surface area contributed by atoms with Crippen LogP contribution in [0, 0.1) is 5.82 Å². The lowest BCUT2D eigenvalue weighted by Crippen LogP contribution is -2.05. The number of hydrogen-bond donors (Lipinski definition) is 2. The number of hydrogen-bond acceptors (Lipinski definition) is 5. The Morgan fingerprint density at radius 2 is 2.25 bits per heavy atom. The zero-order chi connectivity index (χ0) is 17.5. The first-order valence-electron chi connectivity index (χ1n) is 7.57. The number of halogens is 1. The van der Waals surface area contributed by atoms with E-state index in [4.69, 9.17) is 0 Å². The van der Waals surface area contributed by atoms with Crippen LogP contribution in [-0.2, 0) is 0 Å². The molecule has 0 saturated heterocycles. The van der Waals surface area contributed by atoms with Crippen LogP contribution < -0.4 is 5.32 Å². The van der Waals surface area contributed by atoms with Gasteiger partial charge in [0.1, 0.15) is 18.5 Å². The fourth-order valence-corrected chi connectivity index (χ4v) is 2.09. The third-order valence-corrected chi connectivity index (χ3v) is 3.26. The fraction of sp³-hybridized carbons (Fsp3) is 0.235. The Balaban J connectivity index is 2.34. The van der Waals surface area contributed by atoms with Crippen molar-refractivity contribution in [2.45, 2.75) is 27.2 Å². The summed E-state index contributed by atoms with van der Waals surface area (Å²) < 4.78 is 15.8. The van der Waals surface area contributed by atoms with E-state index in [2.05, 4.69) is 20.4 Å². The summed E-state index contributed by atoms with van der Waals surface area (Å²) in [6.45, 7) is 5.46. The minimum atomic E-state index is -0.489. The van der Waals surface area contributed by atoms with Gasteiger partial charge in [0.2, 0.25) is 0 Å². The number of aliphatic hydroxyl groups is 1. The van der Waals surface area contributed by atoms with Crippen LogP contribution in [0.4, 0.5) is 10.1 Å². The number of anilines is 1. The van der Waals surface area contributed by atoms with Gasteiger partial charge in [-0.3, -0.25) is 0 Å². The summed E-state index contributed by atoms with van der Waals surface area (Å²) in [4.78, 5) is 7.93. The fourth-order valence-electron chi connectivity index (χ4n) is 2.09. The van der Waals surface area contributed by atoms with Gasteiger partial charge >= 0.3 is 0 Å². The molecule has 0 unspecified atom stereocenters. The highest BCUT2D eigenvalue weighted by molar-refractivity contribution is 5.60. The van der Waals surface area contributed by atoms with Crippen molar-refractivity contribution in [3.05, 3.63) is 59.9 Å². The highest BCUT2D eigenvalue weighted by Gasteiger charge is 2.11. The van der Waals surface area contributed by atoms with E-state index >= 15 is 0 Å². The Hall–Kier alpha value is -2.96. The number of aromatic nitrogens is 3. The van der Waals surface area contributed by atoms with Crippen molar-refractivity contribution in [3.8, 4) is 5.69 Å². The van der Waals surface area contributed by atoms with E-state index in [1.54, 1.807) is 26.0 Å². The highest BCUT2D eigenvalue weighted by Crippen LogP contribution is 2.22. The van der Waals surface area contributed by atoms with E-state index in [0.29, 0.717) is 11.3 Å². The van der Waals surface area contributed by atoms with Crippen LogP contribution in [0.5, 0.6) is 0 Å². The number of benzene rings is 1. The molecule has 1 heterocycles. The maximum absolute atomic E-state index is 14.4. The van der Waals surface area contributed by atoms with Gasteiger partial charge in [0.15, 0.2) is 11.6 Å². The Labute approximate surface area is 140 Å². The number of rotatable bonds is 6. The Morgan fingerprint density at radius 3 is 2.83 bits per heavy atom. The third-order valence-electron chi connectivity index (χ3n) is 3.26. The minimum Gasteiger partial charge on any atom is -0.504 e. The van der Waals surface area contributed by atoms with Crippen LogP contribution in [0.3, 0.4) is 0 Å². The molecule has 0 radical (unpaired) electrons. The van der Waals surface area contributed by atoms with Crippen LogP contribution in [0.1, 0.15) is 27.2 Å². The molecule has 7 heteroatoms. The molecule has 1 aromatic carbocycles. The standard InChI is InChI=1S/C17H20FN5O/c1-4-6-12(3)16(24)17(20-5-2)22-15-8-7-13(9-14(15)18)23-11-19-10-21-23/h5-11,22,24H,4H2,1-3H3/b12-6+,17-16-,20-5-. The zero-order valence-corrected chi connectivity index (χ0v) is 13.9. The number of nitrogens with one attached hydrogen (secondary N) is 1. The van der Waals surface area contributed by atoms with E-state index in [9.17, 15) is 9.50 Å². The molecule has 0 atom stereocenters. The Kier molecular flexibility index (Phi) is 5.83. The second-order valence-electron chi connectivity index (χ2n) is 5.01. The van der Waals surface area contributed by atoms with E-state index in [-0.39, 0.29) is 17.3 Å². The Morgan fingerprint density at radius 1 is 1.46 bits per heavy atom. The molecule has 24 heavy (non-hydrogen) atoms. The monoisotopic (exact) mass is 329 g/mol. The quantitative estimate of drug-likeness (QED) is 0.477. The lowest BCUT2D eigenvalue weighted by Gasteiger charge is -2.12.